The highest BCUT2D eigenvalue weighted by Gasteiger charge is 2.27. The molecule has 0 aliphatic rings. The molecule has 0 saturated carbocycles. The summed E-state index contributed by atoms with van der Waals surface area (Å²) < 4.78 is 37.6. The van der Waals surface area contributed by atoms with E-state index in [0.717, 1.165) is 4.31 Å². The van der Waals surface area contributed by atoms with E-state index >= 15 is 0 Å². The number of primary amides is 1. The number of hydrogen-bond donors (Lipinski definition) is 1. The Morgan fingerprint density at radius 1 is 1.18 bits per heavy atom. The van der Waals surface area contributed by atoms with Crippen LogP contribution in [0.15, 0.2) is 66.1 Å². The van der Waals surface area contributed by atoms with Crippen LogP contribution >= 0.6 is 0 Å². The first-order chi connectivity index (χ1) is 13.3. The molecule has 0 radical (unpaired) electrons. The Labute approximate surface area is 163 Å². The molecule has 0 aliphatic heterocycles. The first-order valence-electron chi connectivity index (χ1n) is 8.13. The van der Waals surface area contributed by atoms with Gasteiger partial charge in [-0.1, -0.05) is 24.3 Å². The van der Waals surface area contributed by atoms with Gasteiger partial charge in [-0.05, 0) is 30.3 Å². The zero-order chi connectivity index (χ0) is 20.7. The zero-order valence-corrected chi connectivity index (χ0v) is 16.0. The number of carbonyl (C=O) groups excluding carboxylic acids is 2. The fraction of sp³-hybridized carbons (Fsp3) is 0.158. The molecule has 1 amide bonds. The third-order valence-corrected chi connectivity index (χ3v) is 5.43. The topological polar surface area (TPSA) is 116 Å². The number of amides is 1. The molecule has 2 rings (SSSR count). The van der Waals surface area contributed by atoms with Gasteiger partial charge < -0.3 is 15.2 Å². The highest BCUT2D eigenvalue weighted by Crippen LogP contribution is 2.32. The fourth-order valence-electron chi connectivity index (χ4n) is 2.41. The Bertz CT molecular complexity index is 987. The first kappa shape index (κ1) is 21.0. The average molecular weight is 404 g/mol. The van der Waals surface area contributed by atoms with Crippen LogP contribution in [0.25, 0.3) is 0 Å². The second-order valence-electron chi connectivity index (χ2n) is 5.57. The number of sulfonamides is 1. The van der Waals surface area contributed by atoms with Crippen molar-refractivity contribution in [3.63, 3.8) is 0 Å². The van der Waals surface area contributed by atoms with Crippen molar-refractivity contribution in [2.45, 2.75) is 4.90 Å². The largest absolute Gasteiger partial charge is 0.495 e. The standard InChI is InChI=1S/C19H20N2O6S/c1-3-11-21(16-9-4-5-10-17(16)26-2)28(24,25)15-8-6-7-14(12-15)19(23)27-13-18(20)22/h3-10,12H,1,11,13H2,2H3,(H2,20,22). The van der Waals surface area contributed by atoms with Crippen LogP contribution in [0.4, 0.5) is 5.69 Å². The predicted octanol–water partition coefficient (Wildman–Crippen LogP) is 1.72. The number of nitrogens with two attached hydrogens (primary N) is 1. The minimum atomic E-state index is -4.05. The van der Waals surface area contributed by atoms with Crippen molar-refractivity contribution >= 4 is 27.6 Å². The van der Waals surface area contributed by atoms with Gasteiger partial charge in [0, 0.05) is 0 Å². The lowest BCUT2D eigenvalue weighted by molar-refractivity contribution is -0.121. The van der Waals surface area contributed by atoms with E-state index in [0.29, 0.717) is 11.4 Å². The molecule has 2 aromatic carbocycles. The summed E-state index contributed by atoms with van der Waals surface area (Å²) in [5.74, 6) is -1.31. The molecule has 0 atom stereocenters. The Morgan fingerprint density at radius 3 is 2.54 bits per heavy atom. The third kappa shape index (κ3) is 4.68. The van der Waals surface area contributed by atoms with Gasteiger partial charge in [-0.15, -0.1) is 6.58 Å². The molecule has 9 heteroatoms. The number of carbonyl (C=O) groups is 2. The van der Waals surface area contributed by atoms with Gasteiger partial charge in [-0.25, -0.2) is 13.2 Å². The molecule has 0 heterocycles. The van der Waals surface area contributed by atoms with Crippen molar-refractivity contribution in [3.8, 4) is 5.75 Å². The van der Waals surface area contributed by atoms with Gasteiger partial charge in [-0.3, -0.25) is 9.10 Å². The van der Waals surface area contributed by atoms with Crippen LogP contribution in [-0.2, 0) is 19.6 Å². The van der Waals surface area contributed by atoms with E-state index in [4.69, 9.17) is 15.2 Å². The molecule has 0 aliphatic carbocycles. The maximum atomic E-state index is 13.2. The number of hydrogen-bond acceptors (Lipinski definition) is 6. The number of ether oxygens (including phenoxy) is 2. The highest BCUT2D eigenvalue weighted by molar-refractivity contribution is 7.92. The molecule has 0 bridgehead atoms. The van der Waals surface area contributed by atoms with Crippen molar-refractivity contribution in [2.24, 2.45) is 5.73 Å². The monoisotopic (exact) mass is 404 g/mol. The maximum Gasteiger partial charge on any atom is 0.338 e. The second-order valence-corrected chi connectivity index (χ2v) is 7.43. The van der Waals surface area contributed by atoms with E-state index in [1.807, 2.05) is 0 Å². The second kappa shape index (κ2) is 9.05. The molecule has 0 spiro atoms. The smallest absolute Gasteiger partial charge is 0.338 e. The Balaban J connectivity index is 2.46. The Morgan fingerprint density at radius 2 is 1.89 bits per heavy atom. The fourth-order valence-corrected chi connectivity index (χ4v) is 3.90. The lowest BCUT2D eigenvalue weighted by atomic mass is 10.2. The first-order valence-corrected chi connectivity index (χ1v) is 9.57. The minimum absolute atomic E-state index is 0.0148. The molecule has 0 aromatic heterocycles. The van der Waals surface area contributed by atoms with Crippen LogP contribution in [0.3, 0.4) is 0 Å². The summed E-state index contributed by atoms with van der Waals surface area (Å²) in [5, 5.41) is 0. The van der Waals surface area contributed by atoms with Gasteiger partial charge in [0.05, 0.1) is 29.8 Å². The van der Waals surface area contributed by atoms with Crippen molar-refractivity contribution < 1.29 is 27.5 Å². The van der Waals surface area contributed by atoms with E-state index in [-0.39, 0.29) is 17.0 Å². The lowest BCUT2D eigenvalue weighted by Crippen LogP contribution is -2.31. The molecular formula is C19H20N2O6S. The number of benzene rings is 2. The Kier molecular flexibility index (Phi) is 6.78. The SMILES string of the molecule is C=CCN(c1ccccc1OC)S(=O)(=O)c1cccc(C(=O)OCC(N)=O)c1. The molecule has 2 N–H and O–H groups in total. The number of rotatable bonds is 9. The van der Waals surface area contributed by atoms with Crippen LogP contribution in [-0.4, -0.2) is 40.6 Å². The van der Waals surface area contributed by atoms with E-state index < -0.39 is 28.5 Å². The van der Waals surface area contributed by atoms with Crippen LogP contribution in [0.2, 0.25) is 0 Å². The normalized spacial score (nSPS) is 10.8. The van der Waals surface area contributed by atoms with E-state index in [1.165, 1.54) is 37.5 Å². The van der Waals surface area contributed by atoms with Gasteiger partial charge in [0.25, 0.3) is 15.9 Å². The van der Waals surface area contributed by atoms with Crippen molar-refractivity contribution in [2.75, 3.05) is 24.6 Å². The van der Waals surface area contributed by atoms with Gasteiger partial charge in [0.2, 0.25) is 0 Å². The van der Waals surface area contributed by atoms with E-state index in [9.17, 15) is 18.0 Å². The predicted molar refractivity (Wildman–Crippen MR) is 104 cm³/mol. The van der Waals surface area contributed by atoms with Crippen molar-refractivity contribution in [1.82, 2.24) is 0 Å². The molecule has 28 heavy (non-hydrogen) atoms. The summed E-state index contributed by atoms with van der Waals surface area (Å²) in [6.45, 7) is 3.00. The molecule has 0 fully saturated rings. The van der Waals surface area contributed by atoms with Crippen molar-refractivity contribution in [3.05, 3.63) is 66.7 Å². The quantitative estimate of drug-likeness (QED) is 0.502. The number of methoxy groups -OCH3 is 1. The lowest BCUT2D eigenvalue weighted by Gasteiger charge is -2.25. The summed E-state index contributed by atoms with van der Waals surface area (Å²) in [7, 11) is -2.62. The number of nitrogens with zero attached hydrogens (tertiary/aromatic N) is 1. The zero-order valence-electron chi connectivity index (χ0n) is 15.2. The summed E-state index contributed by atoms with van der Waals surface area (Å²) in [6, 6.07) is 11.9. The number of esters is 1. The average Bonchev–Trinajstić information content (AvgIpc) is 2.70. The maximum absolute atomic E-state index is 13.2. The minimum Gasteiger partial charge on any atom is -0.495 e. The Hall–Kier alpha value is -3.33. The highest BCUT2D eigenvalue weighted by atomic mass is 32.2. The van der Waals surface area contributed by atoms with E-state index in [2.05, 4.69) is 6.58 Å². The number of para-hydroxylation sites is 2. The molecule has 0 saturated heterocycles. The summed E-state index contributed by atoms with van der Waals surface area (Å²) in [5.41, 5.74) is 5.24. The number of anilines is 1. The van der Waals surface area contributed by atoms with Crippen LogP contribution < -0.4 is 14.8 Å². The van der Waals surface area contributed by atoms with Gasteiger partial charge in [-0.2, -0.15) is 0 Å². The van der Waals surface area contributed by atoms with Gasteiger partial charge in [0.1, 0.15) is 5.75 Å². The molecule has 148 valence electrons. The van der Waals surface area contributed by atoms with Gasteiger partial charge >= 0.3 is 5.97 Å². The van der Waals surface area contributed by atoms with Crippen molar-refractivity contribution in [1.29, 1.82) is 0 Å². The molecule has 0 unspecified atom stereocenters. The van der Waals surface area contributed by atoms with Crippen LogP contribution in [0.5, 0.6) is 5.75 Å². The molecular weight excluding hydrogens is 384 g/mol. The van der Waals surface area contributed by atoms with Crippen LogP contribution in [0, 0.1) is 0 Å². The summed E-state index contributed by atoms with van der Waals surface area (Å²) >= 11 is 0. The summed E-state index contributed by atoms with van der Waals surface area (Å²) in [4.78, 5) is 22.6. The molecule has 2 aromatic rings. The molecule has 8 nitrogen and oxygen atoms in total. The van der Waals surface area contributed by atoms with E-state index in [1.54, 1.807) is 24.3 Å². The summed E-state index contributed by atoms with van der Waals surface area (Å²) in [6.07, 6.45) is 1.44. The third-order valence-electron chi connectivity index (χ3n) is 3.65. The van der Waals surface area contributed by atoms with Crippen LogP contribution in [0.1, 0.15) is 10.4 Å². The van der Waals surface area contributed by atoms with Gasteiger partial charge in [0.15, 0.2) is 6.61 Å².